The van der Waals surface area contributed by atoms with Crippen molar-refractivity contribution < 1.29 is 4.74 Å². The molecule has 0 bridgehead atoms. The molecule has 0 spiro atoms. The molecular formula is C15H30N2O. The van der Waals surface area contributed by atoms with Gasteiger partial charge in [0, 0.05) is 24.7 Å². The Kier molecular flexibility index (Phi) is 4.68. The highest BCUT2D eigenvalue weighted by Crippen LogP contribution is 2.40. The molecule has 0 radical (unpaired) electrons. The van der Waals surface area contributed by atoms with E-state index in [0.29, 0.717) is 23.5 Å². The van der Waals surface area contributed by atoms with Crippen molar-refractivity contribution in [3.05, 3.63) is 0 Å². The van der Waals surface area contributed by atoms with Crippen molar-refractivity contribution in [2.45, 2.75) is 64.6 Å². The fourth-order valence-corrected chi connectivity index (χ4v) is 3.63. The van der Waals surface area contributed by atoms with Crippen LogP contribution in [0, 0.1) is 5.41 Å². The largest absolute Gasteiger partial charge is 0.380 e. The molecule has 2 aliphatic rings. The normalized spacial score (nSPS) is 35.5. The lowest BCUT2D eigenvalue weighted by Gasteiger charge is -2.38. The summed E-state index contributed by atoms with van der Waals surface area (Å²) in [7, 11) is 2.30. The third-order valence-corrected chi connectivity index (χ3v) is 4.93. The predicted molar refractivity (Wildman–Crippen MR) is 75.9 cm³/mol. The Labute approximate surface area is 112 Å². The van der Waals surface area contributed by atoms with Crippen molar-refractivity contribution in [2.75, 3.05) is 26.8 Å². The summed E-state index contributed by atoms with van der Waals surface area (Å²) in [5, 5.41) is 3.79. The second-order valence-electron chi connectivity index (χ2n) is 6.71. The molecule has 1 heterocycles. The molecule has 2 rings (SSSR count). The van der Waals surface area contributed by atoms with E-state index in [-0.39, 0.29) is 0 Å². The Morgan fingerprint density at radius 2 is 2.11 bits per heavy atom. The maximum absolute atomic E-state index is 5.54. The number of hydrogen-bond acceptors (Lipinski definition) is 3. The van der Waals surface area contributed by atoms with E-state index in [1.165, 1.54) is 25.7 Å². The molecule has 2 fully saturated rings. The smallest absolute Gasteiger partial charge is 0.0622 e. The van der Waals surface area contributed by atoms with Crippen LogP contribution in [0.3, 0.4) is 0 Å². The molecule has 3 unspecified atom stereocenters. The lowest BCUT2D eigenvalue weighted by molar-refractivity contribution is 0.108. The first-order valence-electron chi connectivity index (χ1n) is 7.59. The van der Waals surface area contributed by atoms with Gasteiger partial charge in [-0.05, 0) is 44.7 Å². The van der Waals surface area contributed by atoms with Gasteiger partial charge in [0.15, 0.2) is 0 Å². The summed E-state index contributed by atoms with van der Waals surface area (Å²) in [6.07, 6.45) is 5.07. The van der Waals surface area contributed by atoms with E-state index in [2.05, 4.69) is 38.0 Å². The average Bonchev–Trinajstić information content (AvgIpc) is 2.93. The first-order chi connectivity index (χ1) is 8.56. The first kappa shape index (κ1) is 14.3. The topological polar surface area (TPSA) is 24.5 Å². The SMILES string of the molecule is CCCNC1C(N(C)C2CCOC2)CCC1(C)C. The molecule has 18 heavy (non-hydrogen) atoms. The van der Waals surface area contributed by atoms with Crippen molar-refractivity contribution in [2.24, 2.45) is 5.41 Å². The Bertz CT molecular complexity index is 261. The molecule has 0 aromatic carbocycles. The van der Waals surface area contributed by atoms with Crippen LogP contribution in [0.1, 0.15) is 46.5 Å². The molecular weight excluding hydrogens is 224 g/mol. The van der Waals surface area contributed by atoms with Gasteiger partial charge in [-0.25, -0.2) is 0 Å². The van der Waals surface area contributed by atoms with Gasteiger partial charge in [0.25, 0.3) is 0 Å². The van der Waals surface area contributed by atoms with Crippen LogP contribution in [-0.4, -0.2) is 49.8 Å². The standard InChI is InChI=1S/C15H30N2O/c1-5-9-16-14-13(6-8-15(14,2)3)17(4)12-7-10-18-11-12/h12-14,16H,5-11H2,1-4H3. The van der Waals surface area contributed by atoms with Crippen LogP contribution in [0.2, 0.25) is 0 Å². The van der Waals surface area contributed by atoms with E-state index in [1.807, 2.05) is 0 Å². The molecule has 1 aliphatic heterocycles. The van der Waals surface area contributed by atoms with Crippen LogP contribution in [-0.2, 0) is 4.74 Å². The van der Waals surface area contributed by atoms with E-state index in [9.17, 15) is 0 Å². The number of nitrogens with one attached hydrogen (secondary N) is 1. The Hall–Kier alpha value is -0.120. The van der Waals surface area contributed by atoms with Gasteiger partial charge >= 0.3 is 0 Å². The molecule has 106 valence electrons. The second kappa shape index (κ2) is 5.89. The van der Waals surface area contributed by atoms with Crippen LogP contribution >= 0.6 is 0 Å². The van der Waals surface area contributed by atoms with Crippen molar-refractivity contribution in [3.63, 3.8) is 0 Å². The quantitative estimate of drug-likeness (QED) is 0.814. The van der Waals surface area contributed by atoms with Crippen molar-refractivity contribution in [1.82, 2.24) is 10.2 Å². The zero-order chi connectivity index (χ0) is 13.2. The fraction of sp³-hybridized carbons (Fsp3) is 1.00. The number of likely N-dealkylation sites (N-methyl/N-ethyl adjacent to an activating group) is 1. The van der Waals surface area contributed by atoms with Gasteiger partial charge in [0.1, 0.15) is 0 Å². The zero-order valence-corrected chi connectivity index (χ0v) is 12.5. The Balaban J connectivity index is 2.00. The summed E-state index contributed by atoms with van der Waals surface area (Å²) in [6, 6.07) is 1.94. The van der Waals surface area contributed by atoms with Gasteiger partial charge in [-0.2, -0.15) is 0 Å². The van der Waals surface area contributed by atoms with Gasteiger partial charge in [0.05, 0.1) is 6.61 Å². The average molecular weight is 254 g/mol. The van der Waals surface area contributed by atoms with E-state index in [0.717, 1.165) is 19.8 Å². The summed E-state index contributed by atoms with van der Waals surface area (Å²) < 4.78 is 5.54. The molecule has 3 heteroatoms. The summed E-state index contributed by atoms with van der Waals surface area (Å²) in [4.78, 5) is 2.59. The van der Waals surface area contributed by atoms with E-state index in [1.54, 1.807) is 0 Å². The van der Waals surface area contributed by atoms with Crippen LogP contribution in [0.5, 0.6) is 0 Å². The number of ether oxygens (including phenoxy) is 1. The highest BCUT2D eigenvalue weighted by molar-refractivity contribution is 5.01. The third kappa shape index (κ3) is 2.89. The molecule has 1 saturated heterocycles. The summed E-state index contributed by atoms with van der Waals surface area (Å²) >= 11 is 0. The Morgan fingerprint density at radius 3 is 2.72 bits per heavy atom. The monoisotopic (exact) mass is 254 g/mol. The highest BCUT2D eigenvalue weighted by Gasteiger charge is 2.44. The maximum Gasteiger partial charge on any atom is 0.0622 e. The van der Waals surface area contributed by atoms with E-state index < -0.39 is 0 Å². The lowest BCUT2D eigenvalue weighted by Crippen LogP contribution is -2.53. The van der Waals surface area contributed by atoms with Crippen LogP contribution in [0.4, 0.5) is 0 Å². The molecule has 3 nitrogen and oxygen atoms in total. The molecule has 0 amide bonds. The second-order valence-corrected chi connectivity index (χ2v) is 6.71. The fourth-order valence-electron chi connectivity index (χ4n) is 3.63. The molecule has 3 atom stereocenters. The predicted octanol–water partition coefficient (Wildman–Crippen LogP) is 2.26. The Morgan fingerprint density at radius 1 is 1.33 bits per heavy atom. The minimum absolute atomic E-state index is 0.424. The number of hydrogen-bond donors (Lipinski definition) is 1. The minimum Gasteiger partial charge on any atom is -0.380 e. The molecule has 0 aromatic rings. The molecule has 0 aromatic heterocycles. The summed E-state index contributed by atoms with van der Waals surface area (Å²) in [5.74, 6) is 0. The summed E-state index contributed by atoms with van der Waals surface area (Å²) in [5.41, 5.74) is 0.424. The molecule has 1 saturated carbocycles. The summed E-state index contributed by atoms with van der Waals surface area (Å²) in [6.45, 7) is 10.1. The first-order valence-corrected chi connectivity index (χ1v) is 7.59. The minimum atomic E-state index is 0.424. The highest BCUT2D eigenvalue weighted by atomic mass is 16.5. The number of rotatable bonds is 5. The van der Waals surface area contributed by atoms with E-state index >= 15 is 0 Å². The van der Waals surface area contributed by atoms with Gasteiger partial charge in [-0.1, -0.05) is 20.8 Å². The maximum atomic E-state index is 5.54. The lowest BCUT2D eigenvalue weighted by atomic mass is 9.86. The van der Waals surface area contributed by atoms with Gasteiger partial charge in [-0.3, -0.25) is 4.90 Å². The van der Waals surface area contributed by atoms with Crippen LogP contribution < -0.4 is 5.32 Å². The van der Waals surface area contributed by atoms with E-state index in [4.69, 9.17) is 4.74 Å². The van der Waals surface area contributed by atoms with Gasteiger partial charge < -0.3 is 10.1 Å². The molecule has 1 N–H and O–H groups in total. The van der Waals surface area contributed by atoms with Crippen LogP contribution in [0.15, 0.2) is 0 Å². The zero-order valence-electron chi connectivity index (χ0n) is 12.5. The van der Waals surface area contributed by atoms with Gasteiger partial charge in [-0.15, -0.1) is 0 Å². The van der Waals surface area contributed by atoms with Crippen molar-refractivity contribution in [3.8, 4) is 0 Å². The van der Waals surface area contributed by atoms with Crippen LogP contribution in [0.25, 0.3) is 0 Å². The molecule has 1 aliphatic carbocycles. The van der Waals surface area contributed by atoms with Crippen molar-refractivity contribution in [1.29, 1.82) is 0 Å². The number of nitrogens with zero attached hydrogens (tertiary/aromatic N) is 1. The van der Waals surface area contributed by atoms with Crippen molar-refractivity contribution >= 4 is 0 Å². The van der Waals surface area contributed by atoms with Gasteiger partial charge in [0.2, 0.25) is 0 Å². The third-order valence-electron chi connectivity index (χ3n) is 4.93.